The third-order valence-electron chi connectivity index (χ3n) is 2.98. The molecule has 0 amide bonds. The summed E-state index contributed by atoms with van der Waals surface area (Å²) < 4.78 is 0. The summed E-state index contributed by atoms with van der Waals surface area (Å²) in [5.74, 6) is 0.844. The molecule has 0 unspecified atom stereocenters. The molecule has 0 saturated heterocycles. The van der Waals surface area contributed by atoms with Gasteiger partial charge >= 0.3 is 0 Å². The van der Waals surface area contributed by atoms with E-state index >= 15 is 0 Å². The van der Waals surface area contributed by atoms with Crippen molar-refractivity contribution in [3.63, 3.8) is 0 Å². The van der Waals surface area contributed by atoms with Crippen molar-refractivity contribution in [1.82, 2.24) is 10.2 Å². The zero-order valence-corrected chi connectivity index (χ0v) is 10.8. The summed E-state index contributed by atoms with van der Waals surface area (Å²) >= 11 is 0. The van der Waals surface area contributed by atoms with Crippen molar-refractivity contribution in [2.45, 2.75) is 20.4 Å². The van der Waals surface area contributed by atoms with Crippen LogP contribution in [-0.4, -0.2) is 16.7 Å². The normalized spacial score (nSPS) is 10.4. The van der Waals surface area contributed by atoms with E-state index in [0.29, 0.717) is 6.54 Å². The molecule has 0 radical (unpaired) electrons. The molecule has 1 aromatic heterocycles. The Bertz CT molecular complexity index is 525. The summed E-state index contributed by atoms with van der Waals surface area (Å²) in [6.07, 6.45) is 1.68. The molecule has 2 rings (SSSR count). The molecule has 0 atom stereocenters. The molecule has 0 aliphatic carbocycles. The average molecular weight is 242 g/mol. The largest absolute Gasteiger partial charge is 0.326 e. The summed E-state index contributed by atoms with van der Waals surface area (Å²) in [7, 11) is 0. The van der Waals surface area contributed by atoms with Gasteiger partial charge in [-0.25, -0.2) is 0 Å². The maximum absolute atomic E-state index is 5.76. The fourth-order valence-electron chi connectivity index (χ4n) is 2.04. The van der Waals surface area contributed by atoms with E-state index in [0.717, 1.165) is 23.6 Å². The molecular formula is C14H18N4. The summed E-state index contributed by atoms with van der Waals surface area (Å²) in [4.78, 5) is 2.14. The van der Waals surface area contributed by atoms with Crippen molar-refractivity contribution in [2.75, 3.05) is 11.4 Å². The Morgan fingerprint density at radius 2 is 2.00 bits per heavy atom. The van der Waals surface area contributed by atoms with Crippen LogP contribution in [0.15, 0.2) is 36.5 Å². The van der Waals surface area contributed by atoms with Crippen LogP contribution < -0.4 is 10.6 Å². The van der Waals surface area contributed by atoms with Crippen LogP contribution in [0.5, 0.6) is 0 Å². The zero-order chi connectivity index (χ0) is 13.0. The second kappa shape index (κ2) is 5.60. The summed E-state index contributed by atoms with van der Waals surface area (Å²) in [6.45, 7) is 5.49. The molecule has 0 saturated carbocycles. The van der Waals surface area contributed by atoms with Crippen molar-refractivity contribution in [1.29, 1.82) is 0 Å². The minimum absolute atomic E-state index is 0.466. The van der Waals surface area contributed by atoms with Crippen molar-refractivity contribution in [3.8, 4) is 0 Å². The molecule has 1 aromatic carbocycles. The van der Waals surface area contributed by atoms with E-state index in [1.165, 1.54) is 5.56 Å². The maximum Gasteiger partial charge on any atom is 0.160 e. The molecule has 0 aliphatic heterocycles. The number of para-hydroxylation sites is 1. The van der Waals surface area contributed by atoms with E-state index in [1.807, 2.05) is 18.2 Å². The molecular weight excluding hydrogens is 224 g/mol. The van der Waals surface area contributed by atoms with Crippen LogP contribution in [-0.2, 0) is 6.54 Å². The van der Waals surface area contributed by atoms with Crippen molar-refractivity contribution in [3.05, 3.63) is 47.7 Å². The number of nitrogens with two attached hydrogens (primary N) is 1. The van der Waals surface area contributed by atoms with Gasteiger partial charge in [-0.15, -0.1) is 5.10 Å². The Kier molecular flexibility index (Phi) is 3.89. The van der Waals surface area contributed by atoms with Crippen LogP contribution in [0.3, 0.4) is 0 Å². The fraction of sp³-hybridized carbons (Fsp3) is 0.286. The SMILES string of the molecule is CCN(c1ccccc1C)c1nnccc1CN. The van der Waals surface area contributed by atoms with Gasteiger partial charge < -0.3 is 10.6 Å². The Hall–Kier alpha value is -1.94. The van der Waals surface area contributed by atoms with Crippen LogP contribution in [0.2, 0.25) is 0 Å². The van der Waals surface area contributed by atoms with Crippen molar-refractivity contribution >= 4 is 11.5 Å². The van der Waals surface area contributed by atoms with Gasteiger partial charge in [0.1, 0.15) is 0 Å². The highest BCUT2D eigenvalue weighted by Gasteiger charge is 2.14. The van der Waals surface area contributed by atoms with Crippen molar-refractivity contribution in [2.24, 2.45) is 5.73 Å². The molecule has 94 valence electrons. The van der Waals surface area contributed by atoms with Gasteiger partial charge in [-0.1, -0.05) is 18.2 Å². The number of aromatic nitrogens is 2. The molecule has 0 fully saturated rings. The second-order valence-electron chi connectivity index (χ2n) is 4.11. The average Bonchev–Trinajstić information content (AvgIpc) is 2.42. The van der Waals surface area contributed by atoms with E-state index in [-0.39, 0.29) is 0 Å². The lowest BCUT2D eigenvalue weighted by molar-refractivity contribution is 0.893. The molecule has 0 aliphatic rings. The van der Waals surface area contributed by atoms with E-state index < -0.39 is 0 Å². The highest BCUT2D eigenvalue weighted by atomic mass is 15.3. The molecule has 4 heteroatoms. The van der Waals surface area contributed by atoms with E-state index in [4.69, 9.17) is 5.73 Å². The van der Waals surface area contributed by atoms with Gasteiger partial charge in [-0.2, -0.15) is 5.10 Å². The van der Waals surface area contributed by atoms with Gasteiger partial charge in [0.25, 0.3) is 0 Å². The fourth-order valence-corrected chi connectivity index (χ4v) is 2.04. The number of hydrogen-bond donors (Lipinski definition) is 1. The van der Waals surface area contributed by atoms with Gasteiger partial charge in [-0.05, 0) is 31.5 Å². The first-order valence-electron chi connectivity index (χ1n) is 6.11. The first-order chi connectivity index (χ1) is 8.77. The van der Waals surface area contributed by atoms with Crippen LogP contribution >= 0.6 is 0 Å². The number of aryl methyl sites for hydroxylation is 1. The summed E-state index contributed by atoms with van der Waals surface area (Å²) in [5.41, 5.74) is 9.14. The number of benzene rings is 1. The topological polar surface area (TPSA) is 55.0 Å². The highest BCUT2D eigenvalue weighted by Crippen LogP contribution is 2.28. The summed E-state index contributed by atoms with van der Waals surface area (Å²) in [5, 5.41) is 8.20. The smallest absolute Gasteiger partial charge is 0.160 e. The quantitative estimate of drug-likeness (QED) is 0.894. The lowest BCUT2D eigenvalue weighted by Gasteiger charge is -2.25. The van der Waals surface area contributed by atoms with Gasteiger partial charge in [0.2, 0.25) is 0 Å². The monoisotopic (exact) mass is 242 g/mol. The maximum atomic E-state index is 5.76. The van der Waals surface area contributed by atoms with Crippen LogP contribution in [0, 0.1) is 6.92 Å². The number of anilines is 2. The lowest BCUT2D eigenvalue weighted by atomic mass is 10.1. The van der Waals surface area contributed by atoms with Gasteiger partial charge in [0.15, 0.2) is 5.82 Å². The van der Waals surface area contributed by atoms with E-state index in [2.05, 4.69) is 41.1 Å². The molecule has 2 aromatic rings. The van der Waals surface area contributed by atoms with Gasteiger partial charge in [-0.3, -0.25) is 0 Å². The Balaban J connectivity index is 2.49. The Labute approximate surface area is 107 Å². The molecule has 18 heavy (non-hydrogen) atoms. The lowest BCUT2D eigenvalue weighted by Crippen LogP contribution is -2.21. The molecule has 1 heterocycles. The molecule has 0 spiro atoms. The van der Waals surface area contributed by atoms with Crippen LogP contribution in [0.4, 0.5) is 11.5 Å². The number of nitrogens with zero attached hydrogens (tertiary/aromatic N) is 3. The third-order valence-corrected chi connectivity index (χ3v) is 2.98. The molecule has 4 nitrogen and oxygen atoms in total. The third kappa shape index (κ3) is 2.33. The standard InChI is InChI=1S/C14H18N4/c1-3-18(13-7-5-4-6-11(13)2)14-12(10-15)8-9-16-17-14/h4-9H,3,10,15H2,1-2H3. The minimum Gasteiger partial charge on any atom is -0.326 e. The zero-order valence-electron chi connectivity index (χ0n) is 10.8. The first-order valence-corrected chi connectivity index (χ1v) is 6.11. The predicted molar refractivity (Wildman–Crippen MR) is 73.8 cm³/mol. The van der Waals surface area contributed by atoms with Gasteiger partial charge in [0, 0.05) is 24.3 Å². The summed E-state index contributed by atoms with van der Waals surface area (Å²) in [6, 6.07) is 10.2. The van der Waals surface area contributed by atoms with E-state index in [9.17, 15) is 0 Å². The first kappa shape index (κ1) is 12.5. The van der Waals surface area contributed by atoms with Crippen molar-refractivity contribution < 1.29 is 0 Å². The van der Waals surface area contributed by atoms with Crippen LogP contribution in [0.1, 0.15) is 18.1 Å². The second-order valence-corrected chi connectivity index (χ2v) is 4.11. The highest BCUT2D eigenvalue weighted by molar-refractivity contribution is 5.65. The molecule has 2 N–H and O–H groups in total. The van der Waals surface area contributed by atoms with Crippen LogP contribution in [0.25, 0.3) is 0 Å². The molecule has 0 bridgehead atoms. The Morgan fingerprint density at radius 1 is 1.22 bits per heavy atom. The number of hydrogen-bond acceptors (Lipinski definition) is 4. The van der Waals surface area contributed by atoms with E-state index in [1.54, 1.807) is 6.20 Å². The predicted octanol–water partition coefficient (Wildman–Crippen LogP) is 2.40. The van der Waals surface area contributed by atoms with Gasteiger partial charge in [0.05, 0.1) is 6.20 Å². The Morgan fingerprint density at radius 3 is 2.67 bits per heavy atom. The number of rotatable bonds is 4. The minimum atomic E-state index is 0.466.